The van der Waals surface area contributed by atoms with Crippen LogP contribution in [0.25, 0.3) is 0 Å². The number of nitrogens with zero attached hydrogens (tertiary/aromatic N) is 1. The number of halogens is 1. The Morgan fingerprint density at radius 2 is 2.26 bits per heavy atom. The Morgan fingerprint density at radius 3 is 2.96 bits per heavy atom. The summed E-state index contributed by atoms with van der Waals surface area (Å²) in [7, 11) is 3.90. The fourth-order valence-corrected chi connectivity index (χ4v) is 2.89. The molecule has 6 heteroatoms. The van der Waals surface area contributed by atoms with Crippen LogP contribution in [0.1, 0.15) is 17.4 Å². The van der Waals surface area contributed by atoms with E-state index in [0.29, 0.717) is 18.0 Å². The van der Waals surface area contributed by atoms with E-state index in [1.807, 2.05) is 37.2 Å². The minimum atomic E-state index is -0.511. The molecule has 0 aliphatic carbocycles. The third-order valence-corrected chi connectivity index (χ3v) is 4.19. The molecule has 23 heavy (non-hydrogen) atoms. The minimum absolute atomic E-state index is 0.0211. The standard InChI is InChI=1S/C17H19ClN2O3/c1-20(2)13(15-4-3-7-22-15)10-19-17(21)16-9-11-8-12(18)5-6-14(11)23-16/h3-8,13,16H,9-10H2,1-2H3,(H,19,21)/t13-,16-/m1/s1. The molecule has 0 saturated carbocycles. The lowest BCUT2D eigenvalue weighted by molar-refractivity contribution is -0.127. The summed E-state index contributed by atoms with van der Waals surface area (Å²) < 4.78 is 11.1. The molecule has 1 aliphatic heterocycles. The predicted molar refractivity (Wildman–Crippen MR) is 87.7 cm³/mol. The van der Waals surface area contributed by atoms with Gasteiger partial charge in [0.25, 0.3) is 5.91 Å². The Labute approximate surface area is 140 Å². The van der Waals surface area contributed by atoms with Crippen molar-refractivity contribution in [3.63, 3.8) is 0 Å². The topological polar surface area (TPSA) is 54.7 Å². The second-order valence-corrected chi connectivity index (χ2v) is 6.24. The molecule has 122 valence electrons. The summed E-state index contributed by atoms with van der Waals surface area (Å²) in [5.74, 6) is 1.41. The van der Waals surface area contributed by atoms with Gasteiger partial charge >= 0.3 is 0 Å². The summed E-state index contributed by atoms with van der Waals surface area (Å²) in [6, 6.07) is 9.13. The maximum atomic E-state index is 12.4. The highest BCUT2D eigenvalue weighted by Crippen LogP contribution is 2.31. The summed E-state index contributed by atoms with van der Waals surface area (Å²) in [4.78, 5) is 14.4. The molecule has 1 N–H and O–H groups in total. The first-order valence-electron chi connectivity index (χ1n) is 7.47. The number of furan rings is 1. The van der Waals surface area contributed by atoms with E-state index in [1.54, 1.807) is 18.4 Å². The molecule has 1 aromatic carbocycles. The lowest BCUT2D eigenvalue weighted by atomic mass is 10.1. The van der Waals surface area contributed by atoms with Gasteiger partial charge in [-0.25, -0.2) is 0 Å². The molecule has 0 saturated heterocycles. The normalized spacial score (nSPS) is 17.7. The molecule has 1 amide bonds. The number of likely N-dealkylation sites (N-methyl/N-ethyl adjacent to an activating group) is 1. The van der Waals surface area contributed by atoms with Crippen molar-refractivity contribution in [1.29, 1.82) is 0 Å². The number of ether oxygens (including phenoxy) is 1. The number of carbonyl (C=O) groups is 1. The van der Waals surface area contributed by atoms with Gasteiger partial charge in [0.2, 0.25) is 0 Å². The van der Waals surface area contributed by atoms with Crippen LogP contribution >= 0.6 is 11.6 Å². The Bertz CT molecular complexity index is 685. The van der Waals surface area contributed by atoms with Crippen LogP contribution < -0.4 is 10.1 Å². The van der Waals surface area contributed by atoms with Crippen molar-refractivity contribution < 1.29 is 13.9 Å². The van der Waals surface area contributed by atoms with E-state index in [4.69, 9.17) is 20.8 Å². The van der Waals surface area contributed by atoms with Crippen LogP contribution in [-0.4, -0.2) is 37.6 Å². The molecule has 1 aliphatic rings. The van der Waals surface area contributed by atoms with Gasteiger partial charge in [-0.1, -0.05) is 11.6 Å². The van der Waals surface area contributed by atoms with Crippen LogP contribution in [0.3, 0.4) is 0 Å². The van der Waals surface area contributed by atoms with Crippen molar-refractivity contribution in [2.75, 3.05) is 20.6 Å². The average Bonchev–Trinajstić information content (AvgIpc) is 3.15. The van der Waals surface area contributed by atoms with Crippen LogP contribution in [-0.2, 0) is 11.2 Å². The lowest BCUT2D eigenvalue weighted by Crippen LogP contribution is -2.41. The molecule has 2 atom stereocenters. The van der Waals surface area contributed by atoms with E-state index in [2.05, 4.69) is 5.32 Å². The molecule has 0 unspecified atom stereocenters. The van der Waals surface area contributed by atoms with Gasteiger partial charge in [-0.15, -0.1) is 0 Å². The van der Waals surface area contributed by atoms with Crippen LogP contribution in [0, 0.1) is 0 Å². The highest BCUT2D eigenvalue weighted by atomic mass is 35.5. The predicted octanol–water partition coefficient (Wildman–Crippen LogP) is 2.66. The number of rotatable bonds is 5. The summed E-state index contributed by atoms with van der Waals surface area (Å²) in [5, 5.41) is 3.60. The van der Waals surface area contributed by atoms with E-state index in [0.717, 1.165) is 17.1 Å². The summed E-state index contributed by atoms with van der Waals surface area (Å²) >= 11 is 5.97. The zero-order chi connectivity index (χ0) is 16.4. The van der Waals surface area contributed by atoms with Crippen molar-refractivity contribution in [2.45, 2.75) is 18.6 Å². The second kappa shape index (κ2) is 6.64. The van der Waals surface area contributed by atoms with Crippen molar-refractivity contribution >= 4 is 17.5 Å². The highest BCUT2D eigenvalue weighted by Gasteiger charge is 2.30. The third-order valence-electron chi connectivity index (χ3n) is 3.95. The molecular formula is C17H19ClN2O3. The van der Waals surface area contributed by atoms with Gasteiger partial charge in [-0.3, -0.25) is 9.69 Å². The maximum absolute atomic E-state index is 12.4. The summed E-state index contributed by atoms with van der Waals surface area (Å²) in [6.07, 6.45) is 1.66. The molecule has 2 aromatic rings. The smallest absolute Gasteiger partial charge is 0.261 e. The van der Waals surface area contributed by atoms with Gasteiger partial charge in [0, 0.05) is 18.0 Å². The first-order valence-corrected chi connectivity index (χ1v) is 7.85. The number of amides is 1. The molecule has 0 bridgehead atoms. The van der Waals surface area contributed by atoms with E-state index < -0.39 is 6.10 Å². The summed E-state index contributed by atoms with van der Waals surface area (Å²) in [6.45, 7) is 0.455. The van der Waals surface area contributed by atoms with Crippen LogP contribution in [0.2, 0.25) is 5.02 Å². The van der Waals surface area contributed by atoms with Gasteiger partial charge in [-0.05, 0) is 50.0 Å². The molecule has 5 nitrogen and oxygen atoms in total. The van der Waals surface area contributed by atoms with E-state index in [9.17, 15) is 4.79 Å². The highest BCUT2D eigenvalue weighted by molar-refractivity contribution is 6.30. The van der Waals surface area contributed by atoms with Gasteiger partial charge < -0.3 is 14.5 Å². The first-order chi connectivity index (χ1) is 11.0. The molecule has 0 spiro atoms. The molecule has 3 rings (SSSR count). The monoisotopic (exact) mass is 334 g/mol. The quantitative estimate of drug-likeness (QED) is 0.913. The zero-order valence-corrected chi connectivity index (χ0v) is 13.8. The fourth-order valence-electron chi connectivity index (χ4n) is 2.69. The van der Waals surface area contributed by atoms with E-state index >= 15 is 0 Å². The number of carbonyl (C=O) groups excluding carboxylic acids is 1. The van der Waals surface area contributed by atoms with Crippen molar-refractivity contribution in [3.8, 4) is 5.75 Å². The lowest BCUT2D eigenvalue weighted by Gasteiger charge is -2.23. The minimum Gasteiger partial charge on any atom is -0.480 e. The molecule has 2 heterocycles. The largest absolute Gasteiger partial charge is 0.480 e. The van der Waals surface area contributed by atoms with Gasteiger partial charge in [0.1, 0.15) is 11.5 Å². The Morgan fingerprint density at radius 1 is 1.43 bits per heavy atom. The number of benzene rings is 1. The SMILES string of the molecule is CN(C)[C@H](CNC(=O)[C@H]1Cc2cc(Cl)ccc2O1)c1ccco1. The molecule has 0 fully saturated rings. The van der Waals surface area contributed by atoms with Gasteiger partial charge in [0.05, 0.1) is 12.3 Å². The molecule has 0 radical (unpaired) electrons. The van der Waals surface area contributed by atoms with Crippen molar-refractivity contribution in [1.82, 2.24) is 10.2 Å². The Balaban J connectivity index is 1.60. The second-order valence-electron chi connectivity index (χ2n) is 5.80. The first kappa shape index (κ1) is 15.9. The Hall–Kier alpha value is -1.98. The van der Waals surface area contributed by atoms with Crippen LogP contribution in [0.15, 0.2) is 41.0 Å². The number of nitrogens with one attached hydrogen (secondary N) is 1. The van der Waals surface area contributed by atoms with Crippen LogP contribution in [0.4, 0.5) is 0 Å². The number of fused-ring (bicyclic) bond motifs is 1. The average molecular weight is 335 g/mol. The van der Waals surface area contributed by atoms with Crippen LogP contribution in [0.5, 0.6) is 5.75 Å². The van der Waals surface area contributed by atoms with E-state index in [-0.39, 0.29) is 11.9 Å². The van der Waals surface area contributed by atoms with Gasteiger partial charge in [-0.2, -0.15) is 0 Å². The number of hydrogen-bond acceptors (Lipinski definition) is 4. The van der Waals surface area contributed by atoms with Crippen molar-refractivity contribution in [2.24, 2.45) is 0 Å². The van der Waals surface area contributed by atoms with Crippen molar-refractivity contribution in [3.05, 3.63) is 52.9 Å². The molecular weight excluding hydrogens is 316 g/mol. The van der Waals surface area contributed by atoms with E-state index in [1.165, 1.54) is 0 Å². The summed E-state index contributed by atoms with van der Waals surface area (Å²) in [5.41, 5.74) is 0.966. The number of hydrogen-bond donors (Lipinski definition) is 1. The van der Waals surface area contributed by atoms with Gasteiger partial charge in [0.15, 0.2) is 6.10 Å². The fraction of sp³-hybridized carbons (Fsp3) is 0.353. The Kier molecular flexibility index (Phi) is 4.59. The molecule has 1 aromatic heterocycles. The third kappa shape index (κ3) is 3.51. The maximum Gasteiger partial charge on any atom is 0.261 e. The zero-order valence-electron chi connectivity index (χ0n) is 13.1.